The van der Waals surface area contributed by atoms with E-state index >= 15 is 0 Å². The van der Waals surface area contributed by atoms with Gasteiger partial charge in [-0.2, -0.15) is 0 Å². The zero-order valence-electron chi connectivity index (χ0n) is 13.0. The summed E-state index contributed by atoms with van der Waals surface area (Å²) in [4.78, 5) is 22.7. The number of ether oxygens (including phenoxy) is 2. The summed E-state index contributed by atoms with van der Waals surface area (Å²) in [7, 11) is 1.50. The van der Waals surface area contributed by atoms with Crippen LogP contribution in [0, 0.1) is 0 Å². The topological polar surface area (TPSA) is 64.6 Å². The third-order valence-electron chi connectivity index (χ3n) is 3.90. The van der Waals surface area contributed by atoms with Crippen molar-refractivity contribution in [3.05, 3.63) is 23.8 Å². The second-order valence-electron chi connectivity index (χ2n) is 5.57. The Hall–Kier alpha value is -2.04. The molecular weight excluding hydrogens is 282 g/mol. The van der Waals surface area contributed by atoms with E-state index in [1.54, 1.807) is 18.2 Å². The predicted molar refractivity (Wildman–Crippen MR) is 83.5 cm³/mol. The van der Waals surface area contributed by atoms with Crippen LogP contribution in [0.25, 0.3) is 0 Å². The maximum absolute atomic E-state index is 12.0. The molecule has 1 aromatic carbocycles. The van der Waals surface area contributed by atoms with Crippen LogP contribution in [0.1, 0.15) is 48.9 Å². The van der Waals surface area contributed by atoms with Crippen LogP contribution in [0.5, 0.6) is 11.5 Å². The monoisotopic (exact) mass is 305 g/mol. The number of nitrogens with one attached hydrogen (secondary N) is 1. The van der Waals surface area contributed by atoms with Gasteiger partial charge in [0.1, 0.15) is 6.29 Å². The quantitative estimate of drug-likeness (QED) is 0.648. The normalized spacial score (nSPS) is 15.7. The van der Waals surface area contributed by atoms with Gasteiger partial charge in [-0.15, -0.1) is 0 Å². The van der Waals surface area contributed by atoms with Gasteiger partial charge in [-0.05, 0) is 31.0 Å². The lowest BCUT2D eigenvalue weighted by Gasteiger charge is -2.17. The molecule has 2 rings (SSSR count). The molecule has 1 amide bonds. The molecule has 1 aliphatic rings. The van der Waals surface area contributed by atoms with Crippen LogP contribution in [-0.4, -0.2) is 32.0 Å². The van der Waals surface area contributed by atoms with Gasteiger partial charge in [0, 0.05) is 11.6 Å². The molecule has 0 atom stereocenters. The summed E-state index contributed by atoms with van der Waals surface area (Å²) in [5, 5.41) is 3.03. The Morgan fingerprint density at radius 3 is 2.59 bits per heavy atom. The number of methoxy groups -OCH3 is 1. The smallest absolute Gasteiger partial charge is 0.258 e. The third-order valence-corrected chi connectivity index (χ3v) is 3.90. The minimum absolute atomic E-state index is 0.0483. The molecule has 22 heavy (non-hydrogen) atoms. The average molecular weight is 305 g/mol. The molecule has 5 nitrogen and oxygen atoms in total. The number of carbonyl (C=O) groups excluding carboxylic acids is 2. The van der Waals surface area contributed by atoms with Crippen molar-refractivity contribution in [1.29, 1.82) is 0 Å². The Kier molecular flexibility index (Phi) is 6.25. The summed E-state index contributed by atoms with van der Waals surface area (Å²) in [6.45, 7) is -0.0483. The van der Waals surface area contributed by atoms with Crippen LogP contribution in [0.2, 0.25) is 0 Å². The minimum Gasteiger partial charge on any atom is -0.493 e. The van der Waals surface area contributed by atoms with E-state index in [0.29, 0.717) is 17.1 Å². The van der Waals surface area contributed by atoms with Crippen LogP contribution in [0.15, 0.2) is 18.2 Å². The first kappa shape index (κ1) is 16.3. The van der Waals surface area contributed by atoms with Crippen LogP contribution in [0.4, 0.5) is 0 Å². The van der Waals surface area contributed by atoms with Crippen molar-refractivity contribution in [2.24, 2.45) is 0 Å². The molecule has 0 spiro atoms. The molecule has 1 N–H and O–H groups in total. The Labute approximate surface area is 131 Å². The molecular formula is C17H23NO4. The molecule has 0 heterocycles. The van der Waals surface area contributed by atoms with Crippen LogP contribution in [0.3, 0.4) is 0 Å². The fourth-order valence-corrected chi connectivity index (χ4v) is 2.71. The summed E-state index contributed by atoms with van der Waals surface area (Å²) in [6, 6.07) is 5.12. The van der Waals surface area contributed by atoms with Gasteiger partial charge in [-0.3, -0.25) is 9.59 Å². The van der Waals surface area contributed by atoms with Gasteiger partial charge in [0.2, 0.25) is 0 Å². The van der Waals surface area contributed by atoms with E-state index in [9.17, 15) is 9.59 Å². The van der Waals surface area contributed by atoms with Crippen molar-refractivity contribution in [3.63, 3.8) is 0 Å². The highest BCUT2D eigenvalue weighted by Gasteiger charge is 2.15. The van der Waals surface area contributed by atoms with E-state index < -0.39 is 0 Å². The Morgan fingerprint density at radius 2 is 1.95 bits per heavy atom. The number of hydrogen-bond acceptors (Lipinski definition) is 4. The number of benzene rings is 1. The van der Waals surface area contributed by atoms with E-state index in [4.69, 9.17) is 9.47 Å². The Bertz CT molecular complexity index is 507. The lowest BCUT2D eigenvalue weighted by Crippen LogP contribution is -2.37. The highest BCUT2D eigenvalue weighted by molar-refractivity contribution is 5.78. The summed E-state index contributed by atoms with van der Waals surface area (Å²) >= 11 is 0. The number of aldehydes is 1. The van der Waals surface area contributed by atoms with Gasteiger partial charge in [0.25, 0.3) is 5.91 Å². The Morgan fingerprint density at radius 1 is 1.23 bits per heavy atom. The molecule has 1 aromatic rings. The van der Waals surface area contributed by atoms with Crippen LogP contribution in [-0.2, 0) is 4.79 Å². The highest BCUT2D eigenvalue weighted by Crippen LogP contribution is 2.27. The Balaban J connectivity index is 1.86. The van der Waals surface area contributed by atoms with Crippen molar-refractivity contribution < 1.29 is 19.1 Å². The predicted octanol–water partition coefficient (Wildman–Crippen LogP) is 2.73. The molecule has 0 unspecified atom stereocenters. The number of hydrogen-bond donors (Lipinski definition) is 1. The SMILES string of the molecule is COc1cc(C=O)ccc1OCC(=O)NC1CCCCCC1. The first-order chi connectivity index (χ1) is 10.7. The summed E-state index contributed by atoms with van der Waals surface area (Å²) in [5.41, 5.74) is 0.507. The molecule has 0 bridgehead atoms. The van der Waals surface area contributed by atoms with Crippen LogP contribution < -0.4 is 14.8 Å². The highest BCUT2D eigenvalue weighted by atomic mass is 16.5. The van der Waals surface area contributed by atoms with E-state index in [2.05, 4.69) is 5.32 Å². The van der Waals surface area contributed by atoms with Crippen molar-refractivity contribution in [1.82, 2.24) is 5.32 Å². The molecule has 0 radical (unpaired) electrons. The minimum atomic E-state index is -0.117. The lowest BCUT2D eigenvalue weighted by atomic mass is 10.1. The number of amides is 1. The van der Waals surface area contributed by atoms with Gasteiger partial charge < -0.3 is 14.8 Å². The molecule has 0 aromatic heterocycles. The van der Waals surface area contributed by atoms with E-state index in [-0.39, 0.29) is 18.6 Å². The molecule has 1 saturated carbocycles. The average Bonchev–Trinajstić information content (AvgIpc) is 2.81. The molecule has 5 heteroatoms. The molecule has 1 fully saturated rings. The second-order valence-corrected chi connectivity index (χ2v) is 5.57. The largest absolute Gasteiger partial charge is 0.493 e. The lowest BCUT2D eigenvalue weighted by molar-refractivity contribution is -0.123. The van der Waals surface area contributed by atoms with Gasteiger partial charge in [-0.1, -0.05) is 25.7 Å². The summed E-state index contributed by atoms with van der Waals surface area (Å²) < 4.78 is 10.7. The molecule has 120 valence electrons. The number of rotatable bonds is 6. The standard InChI is InChI=1S/C17H23NO4/c1-21-16-10-13(11-19)8-9-15(16)22-12-17(20)18-14-6-4-2-3-5-7-14/h8-11,14H,2-7,12H2,1H3,(H,18,20). The van der Waals surface area contributed by atoms with E-state index in [1.807, 2.05) is 0 Å². The van der Waals surface area contributed by atoms with Crippen molar-refractivity contribution in [2.45, 2.75) is 44.6 Å². The van der Waals surface area contributed by atoms with E-state index in [0.717, 1.165) is 19.1 Å². The molecule has 0 saturated heterocycles. The summed E-state index contributed by atoms with van der Waals surface area (Å²) in [6.07, 6.45) is 7.68. The number of carbonyl (C=O) groups is 2. The van der Waals surface area contributed by atoms with Gasteiger partial charge in [-0.25, -0.2) is 0 Å². The first-order valence-corrected chi connectivity index (χ1v) is 7.78. The zero-order chi connectivity index (χ0) is 15.8. The third kappa shape index (κ3) is 4.76. The maximum Gasteiger partial charge on any atom is 0.258 e. The summed E-state index contributed by atoms with van der Waals surface area (Å²) in [5.74, 6) is 0.796. The van der Waals surface area contributed by atoms with Crippen molar-refractivity contribution in [3.8, 4) is 11.5 Å². The van der Waals surface area contributed by atoms with Crippen LogP contribution >= 0.6 is 0 Å². The first-order valence-electron chi connectivity index (χ1n) is 7.78. The second kappa shape index (κ2) is 8.41. The van der Waals surface area contributed by atoms with Gasteiger partial charge >= 0.3 is 0 Å². The fourth-order valence-electron chi connectivity index (χ4n) is 2.71. The van der Waals surface area contributed by atoms with Gasteiger partial charge in [0.15, 0.2) is 18.1 Å². The zero-order valence-corrected chi connectivity index (χ0v) is 13.0. The van der Waals surface area contributed by atoms with Crippen molar-refractivity contribution in [2.75, 3.05) is 13.7 Å². The van der Waals surface area contributed by atoms with Gasteiger partial charge in [0.05, 0.1) is 7.11 Å². The van der Waals surface area contributed by atoms with E-state index in [1.165, 1.54) is 32.8 Å². The maximum atomic E-state index is 12.0. The molecule has 1 aliphatic carbocycles. The fraction of sp³-hybridized carbons (Fsp3) is 0.529. The van der Waals surface area contributed by atoms with Crippen molar-refractivity contribution >= 4 is 12.2 Å². The molecule has 0 aliphatic heterocycles.